The van der Waals surface area contributed by atoms with E-state index < -0.39 is 24.1 Å². The molecule has 0 saturated heterocycles. The third-order valence-corrected chi connectivity index (χ3v) is 6.52. The van der Waals surface area contributed by atoms with Crippen LogP contribution in [-0.2, 0) is 9.59 Å². The first kappa shape index (κ1) is 41.3. The van der Waals surface area contributed by atoms with Crippen LogP contribution in [-0.4, -0.2) is 91.9 Å². The van der Waals surface area contributed by atoms with E-state index in [1.54, 1.807) is 0 Å². The number of β-amino-alcohol motifs (C(OH)–C–C–N with tert-alkyl or cyclic N) is 2. The number of para-hydroxylation sites is 2. The van der Waals surface area contributed by atoms with Gasteiger partial charge < -0.3 is 50.5 Å². The normalized spacial score (nSPS) is 12.6. The summed E-state index contributed by atoms with van der Waals surface area (Å²) in [7, 11) is 0. The van der Waals surface area contributed by atoms with Crippen molar-refractivity contribution in [1.29, 1.82) is 0 Å². The van der Waals surface area contributed by atoms with Gasteiger partial charge in [0, 0.05) is 71.2 Å². The number of ether oxygens (including phenoxy) is 2. The molecule has 2 unspecified atom stereocenters. The summed E-state index contributed by atoms with van der Waals surface area (Å²) in [5, 5.41) is 42.2. The quantitative estimate of drug-likeness (QED) is 0.0802. The van der Waals surface area contributed by atoms with Gasteiger partial charge in [0.1, 0.15) is 36.9 Å². The lowest BCUT2D eigenvalue weighted by Crippen LogP contribution is -2.42. The highest BCUT2D eigenvalue weighted by Gasteiger charge is 2.15. The lowest BCUT2D eigenvalue weighted by atomic mass is 10.1. The fourth-order valence-electron chi connectivity index (χ4n) is 4.11. The average Bonchev–Trinajstić information content (AvgIpc) is 3.79. The van der Waals surface area contributed by atoms with Crippen molar-refractivity contribution in [2.75, 3.05) is 26.3 Å². The minimum absolute atomic E-state index is 0.0108. The van der Waals surface area contributed by atoms with Crippen molar-refractivity contribution in [2.45, 2.75) is 64.8 Å². The number of hydrogen-bond donors (Lipinski definition) is 8. The highest BCUT2D eigenvalue weighted by atomic mass is 16.5. The van der Waals surface area contributed by atoms with Crippen molar-refractivity contribution in [3.05, 3.63) is 97.3 Å². The van der Waals surface area contributed by atoms with Crippen molar-refractivity contribution in [3.63, 3.8) is 0 Å². The lowest BCUT2D eigenvalue weighted by molar-refractivity contribution is -0.134. The van der Waals surface area contributed by atoms with E-state index in [0.717, 1.165) is 34.0 Å². The first-order chi connectivity index (χ1) is 23.5. The summed E-state index contributed by atoms with van der Waals surface area (Å²) >= 11 is 0. The van der Waals surface area contributed by atoms with E-state index in [-0.39, 0.29) is 24.3 Å². The molecule has 2 heterocycles. The number of benzene rings is 2. The molecule has 12 nitrogen and oxygen atoms in total. The van der Waals surface area contributed by atoms with E-state index in [1.165, 1.54) is 0 Å². The fraction of sp³-hybridized carbons (Fsp3) is 0.368. The molecule has 0 fully saturated rings. The van der Waals surface area contributed by atoms with Crippen LogP contribution in [0.1, 0.15) is 41.5 Å². The molecule has 0 aliphatic carbocycles. The molecule has 8 N–H and O–H groups in total. The van der Waals surface area contributed by atoms with E-state index in [9.17, 15) is 19.8 Å². The molecule has 0 bridgehead atoms. The summed E-state index contributed by atoms with van der Waals surface area (Å²) in [6.45, 7) is 14.0. The smallest absolute Gasteiger partial charge is 0.328 e. The molecule has 0 radical (unpaired) electrons. The maximum Gasteiger partial charge on any atom is 0.328 e. The number of aromatic nitrogens is 2. The van der Waals surface area contributed by atoms with Crippen LogP contribution in [0.15, 0.2) is 97.3 Å². The Morgan fingerprint density at radius 2 is 1.00 bits per heavy atom. The number of aliphatic hydroxyl groups excluding tert-OH is 2. The third-order valence-electron chi connectivity index (χ3n) is 6.52. The fourth-order valence-corrected chi connectivity index (χ4v) is 4.11. The van der Waals surface area contributed by atoms with Gasteiger partial charge >= 0.3 is 11.9 Å². The standard InChI is InChI=1S/2C17H24N2O2.C4H4O4/c2*1-17(2,3)19-11-13(20)12-21-16-9-5-4-7-14(16)15-8-6-10-18-15;5-3(6)1-2-4(7)8/h2*4-10,13,18-20H,11-12H2,1-3H3;1-2H,(H,5,6)(H,7,8)/b;;2-1+. The Morgan fingerprint density at radius 1 is 0.640 bits per heavy atom. The van der Waals surface area contributed by atoms with Crippen LogP contribution in [0.4, 0.5) is 0 Å². The Morgan fingerprint density at radius 3 is 1.30 bits per heavy atom. The van der Waals surface area contributed by atoms with E-state index in [1.807, 2.05) is 85.2 Å². The van der Waals surface area contributed by atoms with Crippen molar-refractivity contribution < 1.29 is 39.5 Å². The highest BCUT2D eigenvalue weighted by molar-refractivity contribution is 5.89. The Labute approximate surface area is 294 Å². The molecule has 0 spiro atoms. The van der Waals surface area contributed by atoms with E-state index in [2.05, 4.69) is 62.1 Å². The van der Waals surface area contributed by atoms with Gasteiger partial charge in [0.25, 0.3) is 0 Å². The number of H-pyrrole nitrogens is 2. The van der Waals surface area contributed by atoms with E-state index >= 15 is 0 Å². The SMILES string of the molecule is CC(C)(C)NCC(O)COc1ccccc1-c1ccc[nH]1.CC(C)(C)NCC(O)COc1ccccc1-c1ccc[nH]1.O=C(O)/C=C/C(=O)O. The maximum absolute atomic E-state index is 10.00. The first-order valence-electron chi connectivity index (χ1n) is 16.3. The lowest BCUT2D eigenvalue weighted by Gasteiger charge is -2.23. The van der Waals surface area contributed by atoms with Crippen LogP contribution >= 0.6 is 0 Å². The zero-order valence-corrected chi connectivity index (χ0v) is 29.6. The number of aliphatic hydroxyl groups is 2. The molecule has 0 aliphatic heterocycles. The van der Waals surface area contributed by atoms with Gasteiger partial charge in [-0.15, -0.1) is 0 Å². The highest BCUT2D eigenvalue weighted by Crippen LogP contribution is 2.29. The van der Waals surface area contributed by atoms with E-state index in [4.69, 9.17) is 19.7 Å². The Balaban J connectivity index is 0.000000286. The van der Waals surface area contributed by atoms with Crippen LogP contribution in [0.3, 0.4) is 0 Å². The third kappa shape index (κ3) is 17.5. The summed E-state index contributed by atoms with van der Waals surface area (Å²) < 4.78 is 11.6. The average molecular weight is 693 g/mol. The minimum atomic E-state index is -1.26. The number of rotatable bonds is 14. The number of hydrogen-bond acceptors (Lipinski definition) is 8. The molecule has 0 aliphatic rings. The number of carbonyl (C=O) groups is 2. The van der Waals surface area contributed by atoms with Crippen molar-refractivity contribution in [1.82, 2.24) is 20.6 Å². The summed E-state index contributed by atoms with van der Waals surface area (Å²) in [5.74, 6) is -0.968. The second-order valence-corrected chi connectivity index (χ2v) is 13.4. The zero-order chi connectivity index (χ0) is 37.2. The number of carboxylic acid groups (broad SMARTS) is 2. The topological polar surface area (TPSA) is 189 Å². The van der Waals surface area contributed by atoms with Gasteiger partial charge in [0.2, 0.25) is 0 Å². The van der Waals surface area contributed by atoms with Crippen LogP contribution in [0.5, 0.6) is 11.5 Å². The van der Waals surface area contributed by atoms with Crippen molar-refractivity contribution in [3.8, 4) is 34.0 Å². The van der Waals surface area contributed by atoms with E-state index in [0.29, 0.717) is 25.2 Å². The Hall–Kier alpha value is -4.88. The predicted molar refractivity (Wildman–Crippen MR) is 195 cm³/mol. The molecular weight excluding hydrogens is 640 g/mol. The summed E-state index contributed by atoms with van der Waals surface area (Å²) in [6.07, 6.45) is 3.80. The molecule has 2 aromatic carbocycles. The molecule has 4 rings (SSSR count). The molecule has 2 aromatic heterocycles. The summed E-state index contributed by atoms with van der Waals surface area (Å²) in [5.41, 5.74) is 3.99. The summed E-state index contributed by atoms with van der Waals surface area (Å²) in [6, 6.07) is 23.6. The van der Waals surface area contributed by atoms with Crippen LogP contribution in [0, 0.1) is 0 Å². The number of aliphatic carboxylic acids is 2. The van der Waals surface area contributed by atoms with Gasteiger partial charge in [-0.3, -0.25) is 0 Å². The largest absolute Gasteiger partial charge is 0.490 e. The predicted octanol–water partition coefficient (Wildman–Crippen LogP) is 5.33. The molecule has 50 heavy (non-hydrogen) atoms. The number of nitrogens with one attached hydrogen (secondary N) is 4. The summed E-state index contributed by atoms with van der Waals surface area (Å²) in [4.78, 5) is 25.5. The molecule has 12 heteroatoms. The molecular formula is C38H52N4O8. The molecule has 272 valence electrons. The first-order valence-corrected chi connectivity index (χ1v) is 16.3. The van der Waals surface area contributed by atoms with Gasteiger partial charge in [0.15, 0.2) is 0 Å². The van der Waals surface area contributed by atoms with Gasteiger partial charge in [-0.25, -0.2) is 9.59 Å². The van der Waals surface area contributed by atoms with Gasteiger partial charge in [0.05, 0.1) is 0 Å². The van der Waals surface area contributed by atoms with Crippen LogP contribution < -0.4 is 20.1 Å². The van der Waals surface area contributed by atoms with Gasteiger partial charge in [-0.1, -0.05) is 24.3 Å². The minimum Gasteiger partial charge on any atom is -0.490 e. The number of aromatic amines is 2. The Bertz CT molecular complexity index is 1460. The van der Waals surface area contributed by atoms with Gasteiger partial charge in [-0.05, 0) is 90.1 Å². The maximum atomic E-state index is 10.00. The molecule has 0 amide bonds. The molecule has 4 aromatic rings. The molecule has 2 atom stereocenters. The second-order valence-electron chi connectivity index (χ2n) is 13.4. The van der Waals surface area contributed by atoms with Gasteiger partial charge in [-0.2, -0.15) is 0 Å². The number of carboxylic acids is 2. The zero-order valence-electron chi connectivity index (χ0n) is 29.6. The monoisotopic (exact) mass is 692 g/mol. The van der Waals surface area contributed by atoms with Crippen molar-refractivity contribution >= 4 is 11.9 Å². The van der Waals surface area contributed by atoms with Crippen LogP contribution in [0.25, 0.3) is 22.5 Å². The Kier molecular flexibility index (Phi) is 17.0. The second kappa shape index (κ2) is 20.6. The van der Waals surface area contributed by atoms with Crippen molar-refractivity contribution in [2.24, 2.45) is 0 Å². The molecule has 0 saturated carbocycles. The van der Waals surface area contributed by atoms with Crippen LogP contribution in [0.2, 0.25) is 0 Å².